The Morgan fingerprint density at radius 2 is 1.91 bits per heavy atom. The van der Waals surface area contributed by atoms with Gasteiger partial charge in [0.2, 0.25) is 0 Å². The molecule has 23 heavy (non-hydrogen) atoms. The number of halogens is 2. The summed E-state index contributed by atoms with van der Waals surface area (Å²) in [6.45, 7) is -0.428. The zero-order valence-electron chi connectivity index (χ0n) is 12.7. The average molecular weight is 336 g/mol. The molecule has 0 aliphatic rings. The first kappa shape index (κ1) is 17.1. The van der Waals surface area contributed by atoms with Gasteiger partial charge in [0.25, 0.3) is 0 Å². The van der Waals surface area contributed by atoms with Gasteiger partial charge in [-0.2, -0.15) is 8.78 Å². The molecule has 2 aromatic carbocycles. The molecule has 0 aliphatic carbocycles. The maximum atomic E-state index is 12.5. The van der Waals surface area contributed by atoms with Crippen molar-refractivity contribution in [2.24, 2.45) is 0 Å². The quantitative estimate of drug-likeness (QED) is 0.777. The van der Waals surface area contributed by atoms with Crippen molar-refractivity contribution in [1.82, 2.24) is 5.32 Å². The van der Waals surface area contributed by atoms with E-state index >= 15 is 0 Å². The van der Waals surface area contributed by atoms with Crippen molar-refractivity contribution in [3.8, 4) is 5.75 Å². The van der Waals surface area contributed by atoms with Crippen LogP contribution in [0.3, 0.4) is 0 Å². The summed E-state index contributed by atoms with van der Waals surface area (Å²) in [6, 6.07) is 15.0. The Hall–Kier alpha value is -2.21. The van der Waals surface area contributed by atoms with E-state index in [9.17, 15) is 8.78 Å². The summed E-state index contributed by atoms with van der Waals surface area (Å²) in [6.07, 6.45) is 0.816. The summed E-state index contributed by atoms with van der Waals surface area (Å²) in [5.74, 6) is 0.0761. The summed E-state index contributed by atoms with van der Waals surface area (Å²) in [5, 5.41) is 6.31. The Kier molecular flexibility index (Phi) is 6.29. The highest BCUT2D eigenvalue weighted by molar-refractivity contribution is 7.80. The van der Waals surface area contributed by atoms with Crippen LogP contribution < -0.4 is 15.4 Å². The predicted octanol–water partition coefficient (Wildman–Crippen LogP) is 4.13. The third-order valence-corrected chi connectivity index (χ3v) is 3.39. The van der Waals surface area contributed by atoms with E-state index in [-0.39, 0.29) is 5.75 Å². The molecule has 0 saturated heterocycles. The lowest BCUT2D eigenvalue weighted by molar-refractivity contribution is -0.0493. The topological polar surface area (TPSA) is 33.3 Å². The third kappa shape index (κ3) is 5.83. The molecule has 0 spiro atoms. The van der Waals surface area contributed by atoms with Gasteiger partial charge >= 0.3 is 6.61 Å². The first-order chi connectivity index (χ1) is 11.0. The van der Waals surface area contributed by atoms with Gasteiger partial charge in [0.05, 0.1) is 5.69 Å². The molecular weight excluding hydrogens is 318 g/mol. The highest BCUT2D eigenvalue weighted by Crippen LogP contribution is 2.27. The lowest BCUT2D eigenvalue weighted by Gasteiger charge is -2.15. The molecular formula is C17H18F2N2OS. The monoisotopic (exact) mass is 336 g/mol. The summed E-state index contributed by atoms with van der Waals surface area (Å²) in [7, 11) is 0. The van der Waals surface area contributed by atoms with Gasteiger partial charge < -0.3 is 15.4 Å². The van der Waals surface area contributed by atoms with Gasteiger partial charge in [-0.3, -0.25) is 0 Å². The predicted molar refractivity (Wildman–Crippen MR) is 92.2 cm³/mol. The minimum Gasteiger partial charge on any atom is -0.433 e. The smallest absolute Gasteiger partial charge is 0.387 e. The number of thiocarbonyl (C=S) groups is 1. The summed E-state index contributed by atoms with van der Waals surface area (Å²) in [5.41, 5.74) is 2.43. The van der Waals surface area contributed by atoms with Gasteiger partial charge in [0, 0.05) is 6.54 Å². The maximum Gasteiger partial charge on any atom is 0.387 e. The molecule has 2 aromatic rings. The van der Waals surface area contributed by atoms with Crippen molar-refractivity contribution < 1.29 is 13.5 Å². The molecule has 6 heteroatoms. The highest BCUT2D eigenvalue weighted by atomic mass is 32.1. The molecule has 0 amide bonds. The lowest BCUT2D eigenvalue weighted by atomic mass is 10.1. The normalized spacial score (nSPS) is 10.4. The maximum absolute atomic E-state index is 12.5. The Morgan fingerprint density at radius 3 is 2.61 bits per heavy atom. The van der Waals surface area contributed by atoms with Gasteiger partial charge in [0.1, 0.15) is 5.75 Å². The Bertz CT molecular complexity index is 650. The van der Waals surface area contributed by atoms with Crippen molar-refractivity contribution in [3.05, 3.63) is 59.7 Å². The summed E-state index contributed by atoms with van der Waals surface area (Å²) >= 11 is 5.19. The summed E-state index contributed by atoms with van der Waals surface area (Å²) in [4.78, 5) is 0. The molecule has 0 aromatic heterocycles. The Morgan fingerprint density at radius 1 is 1.17 bits per heavy atom. The van der Waals surface area contributed by atoms with E-state index in [2.05, 4.69) is 15.4 Å². The van der Waals surface area contributed by atoms with E-state index in [0.717, 1.165) is 12.0 Å². The van der Waals surface area contributed by atoms with Crippen LogP contribution in [0.5, 0.6) is 5.75 Å². The average Bonchev–Trinajstić information content (AvgIpc) is 2.50. The summed E-state index contributed by atoms with van der Waals surface area (Å²) < 4.78 is 29.4. The molecule has 0 heterocycles. The van der Waals surface area contributed by atoms with Crippen LogP contribution in [0, 0.1) is 6.92 Å². The van der Waals surface area contributed by atoms with Gasteiger partial charge in [-0.25, -0.2) is 0 Å². The number of alkyl halides is 2. The van der Waals surface area contributed by atoms with Crippen molar-refractivity contribution in [2.45, 2.75) is 20.0 Å². The minimum atomic E-state index is -2.88. The molecule has 0 saturated carbocycles. The zero-order chi connectivity index (χ0) is 16.7. The molecule has 0 radical (unpaired) electrons. The van der Waals surface area contributed by atoms with Crippen LogP contribution in [0.25, 0.3) is 0 Å². The first-order valence-electron chi connectivity index (χ1n) is 7.19. The van der Waals surface area contributed by atoms with Gasteiger partial charge in [-0.15, -0.1) is 0 Å². The Balaban J connectivity index is 1.89. The van der Waals surface area contributed by atoms with E-state index < -0.39 is 6.61 Å². The minimum absolute atomic E-state index is 0.0761. The second-order valence-corrected chi connectivity index (χ2v) is 5.40. The van der Waals surface area contributed by atoms with Crippen LogP contribution in [0.4, 0.5) is 14.5 Å². The Labute approximate surface area is 139 Å². The number of hydrogen-bond donors (Lipinski definition) is 2. The number of hydrogen-bond acceptors (Lipinski definition) is 2. The number of aryl methyl sites for hydroxylation is 1. The SMILES string of the molecule is Cc1ccc(NC(=S)NCCc2ccccc2)c(OC(F)F)c1. The fourth-order valence-corrected chi connectivity index (χ4v) is 2.27. The molecule has 0 aliphatic heterocycles. The number of benzene rings is 2. The van der Waals surface area contributed by atoms with Crippen molar-refractivity contribution in [2.75, 3.05) is 11.9 Å². The highest BCUT2D eigenvalue weighted by Gasteiger charge is 2.11. The zero-order valence-corrected chi connectivity index (χ0v) is 13.5. The molecule has 3 nitrogen and oxygen atoms in total. The number of ether oxygens (including phenoxy) is 1. The standard InChI is InChI=1S/C17H18F2N2OS/c1-12-7-8-14(15(11-12)22-16(18)19)21-17(23)20-10-9-13-5-3-2-4-6-13/h2-8,11,16H,9-10H2,1H3,(H2,20,21,23). The van der Waals surface area contributed by atoms with Crippen LogP contribution in [0.2, 0.25) is 0 Å². The van der Waals surface area contributed by atoms with Crippen molar-refractivity contribution in [3.63, 3.8) is 0 Å². The van der Waals surface area contributed by atoms with Crippen LogP contribution in [0.15, 0.2) is 48.5 Å². The van der Waals surface area contributed by atoms with Crippen LogP contribution in [0.1, 0.15) is 11.1 Å². The second kappa shape index (κ2) is 8.43. The van der Waals surface area contributed by atoms with Gasteiger partial charge in [-0.1, -0.05) is 36.4 Å². The molecule has 0 fully saturated rings. The number of rotatable bonds is 6. The number of anilines is 1. The van der Waals surface area contributed by atoms with Gasteiger partial charge in [-0.05, 0) is 48.8 Å². The van der Waals surface area contributed by atoms with Gasteiger partial charge in [0.15, 0.2) is 5.11 Å². The van der Waals surface area contributed by atoms with E-state index in [1.54, 1.807) is 25.1 Å². The lowest BCUT2D eigenvalue weighted by Crippen LogP contribution is -2.30. The molecule has 2 N–H and O–H groups in total. The van der Waals surface area contributed by atoms with Crippen molar-refractivity contribution >= 4 is 23.0 Å². The largest absolute Gasteiger partial charge is 0.433 e. The van der Waals surface area contributed by atoms with E-state index in [0.29, 0.717) is 17.3 Å². The van der Waals surface area contributed by atoms with Crippen LogP contribution in [-0.2, 0) is 6.42 Å². The molecule has 122 valence electrons. The van der Waals surface area contributed by atoms with E-state index in [4.69, 9.17) is 12.2 Å². The fourth-order valence-electron chi connectivity index (χ4n) is 2.06. The van der Waals surface area contributed by atoms with Crippen LogP contribution in [-0.4, -0.2) is 18.3 Å². The van der Waals surface area contributed by atoms with Crippen LogP contribution >= 0.6 is 12.2 Å². The molecule has 0 bridgehead atoms. The van der Waals surface area contributed by atoms with E-state index in [1.807, 2.05) is 30.3 Å². The second-order valence-electron chi connectivity index (χ2n) is 4.99. The molecule has 2 rings (SSSR count). The van der Waals surface area contributed by atoms with Crippen molar-refractivity contribution in [1.29, 1.82) is 0 Å². The fraction of sp³-hybridized carbons (Fsp3) is 0.235. The number of nitrogens with one attached hydrogen (secondary N) is 2. The molecule has 0 unspecified atom stereocenters. The molecule has 0 atom stereocenters. The third-order valence-electron chi connectivity index (χ3n) is 3.14. The first-order valence-corrected chi connectivity index (χ1v) is 7.59. The van der Waals surface area contributed by atoms with E-state index in [1.165, 1.54) is 5.56 Å².